The maximum Gasteiger partial charge on any atom is 0.244 e. The van der Waals surface area contributed by atoms with E-state index >= 15 is 0 Å². The molecule has 0 radical (unpaired) electrons. The van der Waals surface area contributed by atoms with Crippen molar-refractivity contribution >= 4 is 5.91 Å². The van der Waals surface area contributed by atoms with Gasteiger partial charge in [-0.05, 0) is 5.21 Å². The lowest BCUT2D eigenvalue weighted by Crippen LogP contribution is -2.27. The van der Waals surface area contributed by atoms with Gasteiger partial charge < -0.3 is 9.84 Å². The minimum atomic E-state index is -0.246. The Bertz CT molecular complexity index is 1030. The Labute approximate surface area is 154 Å². The first-order chi connectivity index (χ1) is 13.3. The molecular weight excluding hydrogens is 344 g/mol. The van der Waals surface area contributed by atoms with Gasteiger partial charge in [-0.3, -0.25) is 4.79 Å². The maximum absolute atomic E-state index is 12.1. The van der Waals surface area contributed by atoms with E-state index in [1.54, 1.807) is 6.07 Å². The summed E-state index contributed by atoms with van der Waals surface area (Å²) in [4.78, 5) is 13.4. The van der Waals surface area contributed by atoms with Crippen molar-refractivity contribution in [2.24, 2.45) is 0 Å². The topological polar surface area (TPSA) is 98.7 Å². The van der Waals surface area contributed by atoms with Gasteiger partial charge in [0.15, 0.2) is 5.76 Å². The van der Waals surface area contributed by atoms with E-state index in [1.807, 2.05) is 60.7 Å². The zero-order valence-electron chi connectivity index (χ0n) is 14.3. The van der Waals surface area contributed by atoms with Gasteiger partial charge in [-0.2, -0.15) is 4.80 Å². The zero-order chi connectivity index (χ0) is 18.5. The largest absolute Gasteiger partial charge is 0.359 e. The number of benzene rings is 2. The molecule has 4 rings (SSSR count). The zero-order valence-corrected chi connectivity index (χ0v) is 14.3. The van der Waals surface area contributed by atoms with Crippen molar-refractivity contribution in [2.75, 3.05) is 0 Å². The number of rotatable bonds is 6. The molecule has 0 unspecified atom stereocenters. The average molecular weight is 360 g/mol. The van der Waals surface area contributed by atoms with Crippen molar-refractivity contribution in [1.82, 2.24) is 30.7 Å². The molecule has 134 valence electrons. The third kappa shape index (κ3) is 4.06. The number of amides is 1. The summed E-state index contributed by atoms with van der Waals surface area (Å²) < 4.78 is 5.27. The van der Waals surface area contributed by atoms with Crippen molar-refractivity contribution in [3.05, 3.63) is 72.5 Å². The first-order valence-electron chi connectivity index (χ1n) is 8.39. The predicted molar refractivity (Wildman–Crippen MR) is 97.0 cm³/mol. The lowest BCUT2D eigenvalue weighted by atomic mass is 10.1. The summed E-state index contributed by atoms with van der Waals surface area (Å²) >= 11 is 0. The summed E-state index contributed by atoms with van der Waals surface area (Å²) in [6.07, 6.45) is 0. The van der Waals surface area contributed by atoms with Crippen LogP contribution >= 0.6 is 0 Å². The second-order valence-electron chi connectivity index (χ2n) is 5.83. The second kappa shape index (κ2) is 7.61. The summed E-state index contributed by atoms with van der Waals surface area (Å²) in [6, 6.07) is 21.0. The fourth-order valence-electron chi connectivity index (χ4n) is 2.52. The van der Waals surface area contributed by atoms with Gasteiger partial charge in [-0.1, -0.05) is 65.8 Å². The molecule has 0 aliphatic carbocycles. The van der Waals surface area contributed by atoms with Crippen LogP contribution in [0.3, 0.4) is 0 Å². The summed E-state index contributed by atoms with van der Waals surface area (Å²) in [7, 11) is 0. The maximum atomic E-state index is 12.1. The van der Waals surface area contributed by atoms with Crippen LogP contribution in [0.5, 0.6) is 0 Å². The molecule has 2 heterocycles. The van der Waals surface area contributed by atoms with Gasteiger partial charge in [-0.25, -0.2) is 0 Å². The van der Waals surface area contributed by atoms with E-state index in [4.69, 9.17) is 4.52 Å². The molecule has 0 spiro atoms. The molecule has 2 aromatic carbocycles. The van der Waals surface area contributed by atoms with Crippen LogP contribution in [0.15, 0.2) is 71.3 Å². The van der Waals surface area contributed by atoms with Gasteiger partial charge in [0, 0.05) is 17.2 Å². The molecule has 2 aromatic heterocycles. The van der Waals surface area contributed by atoms with Gasteiger partial charge in [0.05, 0.1) is 6.54 Å². The fraction of sp³-hybridized carbons (Fsp3) is 0.105. The van der Waals surface area contributed by atoms with E-state index < -0.39 is 0 Å². The lowest BCUT2D eigenvalue weighted by Gasteiger charge is -2.01. The van der Waals surface area contributed by atoms with Gasteiger partial charge in [0.1, 0.15) is 12.2 Å². The van der Waals surface area contributed by atoms with Crippen molar-refractivity contribution in [3.63, 3.8) is 0 Å². The number of tetrazole rings is 1. The first kappa shape index (κ1) is 16.6. The van der Waals surface area contributed by atoms with Crippen LogP contribution in [0.4, 0.5) is 0 Å². The van der Waals surface area contributed by atoms with Crippen LogP contribution in [0.1, 0.15) is 5.76 Å². The van der Waals surface area contributed by atoms with Crippen LogP contribution in [0.25, 0.3) is 22.6 Å². The Balaban J connectivity index is 1.33. The highest BCUT2D eigenvalue weighted by atomic mass is 16.5. The highest BCUT2D eigenvalue weighted by molar-refractivity contribution is 5.75. The molecular formula is C19H16N6O2. The predicted octanol–water partition coefficient (Wildman–Crippen LogP) is 2.31. The molecule has 0 saturated carbocycles. The van der Waals surface area contributed by atoms with Crippen LogP contribution in [0.2, 0.25) is 0 Å². The minimum Gasteiger partial charge on any atom is -0.359 e. The standard InChI is InChI=1S/C19H16N6O2/c26-18(13-25-22-19(21-24-25)15-9-5-2-6-10-15)20-12-16-11-17(23-27-16)14-7-3-1-4-8-14/h1-11H,12-13H2,(H,20,26). The van der Waals surface area contributed by atoms with E-state index in [1.165, 1.54) is 4.80 Å². The Morgan fingerprint density at radius 3 is 2.44 bits per heavy atom. The Hall–Kier alpha value is -3.81. The van der Waals surface area contributed by atoms with Crippen molar-refractivity contribution in [2.45, 2.75) is 13.1 Å². The van der Waals surface area contributed by atoms with Gasteiger partial charge in [-0.15, -0.1) is 10.2 Å². The molecule has 27 heavy (non-hydrogen) atoms. The van der Waals surface area contributed by atoms with Crippen LogP contribution < -0.4 is 5.32 Å². The van der Waals surface area contributed by atoms with E-state index in [9.17, 15) is 4.79 Å². The second-order valence-corrected chi connectivity index (χ2v) is 5.83. The number of nitrogens with one attached hydrogen (secondary N) is 1. The monoisotopic (exact) mass is 360 g/mol. The summed E-state index contributed by atoms with van der Waals surface area (Å²) in [5.41, 5.74) is 2.53. The molecule has 0 bridgehead atoms. The van der Waals surface area contributed by atoms with Gasteiger partial charge in [0.25, 0.3) is 0 Å². The van der Waals surface area contributed by atoms with E-state index in [2.05, 4.69) is 25.9 Å². The number of carbonyl (C=O) groups excluding carboxylic acids is 1. The molecule has 1 N–H and O–H groups in total. The number of hydrogen-bond donors (Lipinski definition) is 1. The molecule has 8 nitrogen and oxygen atoms in total. The number of nitrogens with zero attached hydrogens (tertiary/aromatic N) is 5. The SMILES string of the molecule is O=C(Cn1nnc(-c2ccccc2)n1)NCc1cc(-c2ccccc2)no1. The van der Waals surface area contributed by atoms with Crippen LogP contribution in [0, 0.1) is 0 Å². The average Bonchev–Trinajstić information content (AvgIpc) is 3.37. The molecule has 0 aliphatic heterocycles. The minimum absolute atomic E-state index is 0.0283. The molecule has 0 atom stereocenters. The highest BCUT2D eigenvalue weighted by Gasteiger charge is 2.11. The summed E-state index contributed by atoms with van der Waals surface area (Å²) in [6.45, 7) is 0.207. The first-order valence-corrected chi connectivity index (χ1v) is 8.39. The number of carbonyl (C=O) groups is 1. The molecule has 1 amide bonds. The quantitative estimate of drug-likeness (QED) is 0.566. The lowest BCUT2D eigenvalue weighted by molar-refractivity contribution is -0.122. The summed E-state index contributed by atoms with van der Waals surface area (Å²) in [5.74, 6) is 0.800. The van der Waals surface area contributed by atoms with Crippen LogP contribution in [-0.2, 0) is 17.9 Å². The molecule has 4 aromatic rings. The Morgan fingerprint density at radius 2 is 1.70 bits per heavy atom. The Morgan fingerprint density at radius 1 is 1.00 bits per heavy atom. The third-order valence-corrected chi connectivity index (χ3v) is 3.86. The summed E-state index contributed by atoms with van der Waals surface area (Å²) in [5, 5.41) is 18.9. The smallest absolute Gasteiger partial charge is 0.244 e. The van der Waals surface area contributed by atoms with Crippen LogP contribution in [-0.4, -0.2) is 31.3 Å². The van der Waals surface area contributed by atoms with Gasteiger partial charge >= 0.3 is 0 Å². The number of hydrogen-bond acceptors (Lipinski definition) is 6. The highest BCUT2D eigenvalue weighted by Crippen LogP contribution is 2.18. The number of aromatic nitrogens is 5. The normalized spacial score (nSPS) is 10.7. The van der Waals surface area contributed by atoms with E-state index in [-0.39, 0.29) is 19.0 Å². The molecule has 0 aliphatic rings. The van der Waals surface area contributed by atoms with Crippen molar-refractivity contribution < 1.29 is 9.32 Å². The molecule has 0 saturated heterocycles. The third-order valence-electron chi connectivity index (χ3n) is 3.86. The van der Waals surface area contributed by atoms with E-state index in [0.29, 0.717) is 11.6 Å². The fourth-order valence-corrected chi connectivity index (χ4v) is 2.52. The van der Waals surface area contributed by atoms with Gasteiger partial charge in [0.2, 0.25) is 11.7 Å². The van der Waals surface area contributed by atoms with E-state index in [0.717, 1.165) is 16.8 Å². The van der Waals surface area contributed by atoms with Crippen molar-refractivity contribution in [3.8, 4) is 22.6 Å². The molecule has 8 heteroatoms. The van der Waals surface area contributed by atoms with Crippen molar-refractivity contribution in [1.29, 1.82) is 0 Å². The molecule has 0 fully saturated rings. The Kier molecular flexibility index (Phi) is 4.69.